The van der Waals surface area contributed by atoms with Gasteiger partial charge in [0, 0.05) is 11.4 Å². The Morgan fingerprint density at radius 3 is 2.48 bits per heavy atom. The number of hydrogen-bond acceptors (Lipinski definition) is 6. The highest BCUT2D eigenvalue weighted by atomic mass is 79.9. The van der Waals surface area contributed by atoms with Crippen molar-refractivity contribution in [2.45, 2.75) is 13.8 Å². The van der Waals surface area contributed by atoms with Crippen molar-refractivity contribution < 1.29 is 19.2 Å². The zero-order chi connectivity index (χ0) is 15.8. The maximum Gasteiger partial charge on any atom is 0.330 e. The van der Waals surface area contributed by atoms with E-state index in [4.69, 9.17) is 21.8 Å². The number of rotatable bonds is 4. The second-order valence-corrected chi connectivity index (χ2v) is 6.21. The van der Waals surface area contributed by atoms with Crippen LogP contribution in [0.1, 0.15) is 13.8 Å². The standard InChI is InChI=1S/C13H14BrNO4S2/c1-3-18-13(20)21-8-12(17)15(19-9(2)16)11-6-4-10(14)5-7-11/h4-7H,3,8H2,1-2H3. The fraction of sp³-hybridized carbons (Fsp3) is 0.308. The number of halogens is 1. The fourth-order valence-electron chi connectivity index (χ4n) is 1.29. The van der Waals surface area contributed by atoms with Gasteiger partial charge in [0.05, 0.1) is 18.0 Å². The molecule has 0 saturated heterocycles. The predicted octanol–water partition coefficient (Wildman–Crippen LogP) is 3.31. The minimum absolute atomic E-state index is 0.0160. The average Bonchev–Trinajstić information content (AvgIpc) is 2.43. The molecule has 5 nitrogen and oxygen atoms in total. The number of hydrogen-bond donors (Lipinski definition) is 0. The van der Waals surface area contributed by atoms with Crippen LogP contribution in [0, 0.1) is 0 Å². The second-order valence-electron chi connectivity index (χ2n) is 3.72. The molecule has 0 saturated carbocycles. The van der Waals surface area contributed by atoms with Crippen molar-refractivity contribution in [3.05, 3.63) is 28.7 Å². The summed E-state index contributed by atoms with van der Waals surface area (Å²) in [6.45, 7) is 3.49. The van der Waals surface area contributed by atoms with Crippen LogP contribution in [0.3, 0.4) is 0 Å². The van der Waals surface area contributed by atoms with Crippen molar-refractivity contribution >= 4 is 61.9 Å². The highest BCUT2D eigenvalue weighted by Gasteiger charge is 2.20. The van der Waals surface area contributed by atoms with Crippen LogP contribution in [0.25, 0.3) is 0 Å². The van der Waals surface area contributed by atoms with Crippen LogP contribution in [-0.2, 0) is 19.2 Å². The molecule has 0 fully saturated rings. The summed E-state index contributed by atoms with van der Waals surface area (Å²) in [4.78, 5) is 28.3. The highest BCUT2D eigenvalue weighted by Crippen LogP contribution is 2.20. The third-order valence-electron chi connectivity index (χ3n) is 2.08. The monoisotopic (exact) mass is 391 g/mol. The van der Waals surface area contributed by atoms with Crippen LogP contribution in [0.5, 0.6) is 0 Å². The number of thioether (sulfide) groups is 1. The summed E-state index contributed by atoms with van der Waals surface area (Å²) in [5.74, 6) is -0.967. The number of amides is 1. The first-order chi connectivity index (χ1) is 9.93. The van der Waals surface area contributed by atoms with E-state index in [9.17, 15) is 9.59 Å². The molecule has 0 unspecified atom stereocenters. The molecular weight excluding hydrogens is 378 g/mol. The Morgan fingerprint density at radius 2 is 1.95 bits per heavy atom. The van der Waals surface area contributed by atoms with Crippen molar-refractivity contribution in [2.75, 3.05) is 17.4 Å². The molecule has 1 rings (SSSR count). The van der Waals surface area contributed by atoms with Gasteiger partial charge in [0.2, 0.25) is 4.38 Å². The summed E-state index contributed by atoms with van der Waals surface area (Å²) in [5, 5.41) is 0.955. The molecular formula is C13H14BrNO4S2. The molecule has 0 aliphatic rings. The first-order valence-electron chi connectivity index (χ1n) is 6.00. The molecule has 0 atom stereocenters. The molecule has 0 aliphatic heterocycles. The van der Waals surface area contributed by atoms with E-state index in [0.717, 1.165) is 21.3 Å². The molecule has 0 heterocycles. The maximum atomic E-state index is 12.2. The van der Waals surface area contributed by atoms with Gasteiger partial charge in [-0.25, -0.2) is 4.79 Å². The number of hydroxylamine groups is 1. The van der Waals surface area contributed by atoms with Crippen molar-refractivity contribution in [3.63, 3.8) is 0 Å². The average molecular weight is 392 g/mol. The zero-order valence-corrected chi connectivity index (χ0v) is 14.7. The van der Waals surface area contributed by atoms with Gasteiger partial charge < -0.3 is 9.57 Å². The molecule has 114 valence electrons. The van der Waals surface area contributed by atoms with E-state index < -0.39 is 11.9 Å². The fourth-order valence-corrected chi connectivity index (χ4v) is 2.41. The van der Waals surface area contributed by atoms with Crippen molar-refractivity contribution in [1.82, 2.24) is 0 Å². The van der Waals surface area contributed by atoms with E-state index in [0.29, 0.717) is 12.3 Å². The lowest BCUT2D eigenvalue weighted by Gasteiger charge is -2.20. The quantitative estimate of drug-likeness (QED) is 0.579. The lowest BCUT2D eigenvalue weighted by Crippen LogP contribution is -2.34. The van der Waals surface area contributed by atoms with Crippen LogP contribution in [-0.4, -0.2) is 28.6 Å². The van der Waals surface area contributed by atoms with Gasteiger partial charge in [0.15, 0.2) is 0 Å². The van der Waals surface area contributed by atoms with Gasteiger partial charge in [0.25, 0.3) is 5.91 Å². The minimum Gasteiger partial charge on any atom is -0.479 e. The summed E-state index contributed by atoms with van der Waals surface area (Å²) in [7, 11) is 0. The molecule has 0 spiro atoms. The van der Waals surface area contributed by atoms with Gasteiger partial charge >= 0.3 is 5.97 Å². The smallest absolute Gasteiger partial charge is 0.330 e. The lowest BCUT2D eigenvalue weighted by molar-refractivity contribution is -0.147. The van der Waals surface area contributed by atoms with E-state index in [1.54, 1.807) is 24.3 Å². The third-order valence-corrected chi connectivity index (χ3v) is 3.83. The zero-order valence-electron chi connectivity index (χ0n) is 11.5. The van der Waals surface area contributed by atoms with Gasteiger partial charge in [0.1, 0.15) is 0 Å². The van der Waals surface area contributed by atoms with Crippen molar-refractivity contribution in [2.24, 2.45) is 0 Å². The predicted molar refractivity (Wildman–Crippen MR) is 90.1 cm³/mol. The molecule has 0 radical (unpaired) electrons. The second kappa shape index (κ2) is 9.01. The Morgan fingerprint density at radius 1 is 1.33 bits per heavy atom. The summed E-state index contributed by atoms with van der Waals surface area (Å²) in [6, 6.07) is 6.82. The molecule has 1 amide bonds. The maximum absolute atomic E-state index is 12.2. The number of ether oxygens (including phenoxy) is 1. The molecule has 0 aliphatic carbocycles. The van der Waals surface area contributed by atoms with Crippen molar-refractivity contribution in [3.8, 4) is 0 Å². The van der Waals surface area contributed by atoms with E-state index >= 15 is 0 Å². The van der Waals surface area contributed by atoms with E-state index in [1.165, 1.54) is 6.92 Å². The van der Waals surface area contributed by atoms with Crippen molar-refractivity contribution in [1.29, 1.82) is 0 Å². The normalized spacial score (nSPS) is 9.86. The summed E-state index contributed by atoms with van der Waals surface area (Å²) in [5.41, 5.74) is 0.460. The minimum atomic E-state index is -0.580. The number of thiocarbonyl (C=S) groups is 1. The topological polar surface area (TPSA) is 55.8 Å². The summed E-state index contributed by atoms with van der Waals surface area (Å²) >= 11 is 9.32. The molecule has 0 N–H and O–H groups in total. The summed E-state index contributed by atoms with van der Waals surface area (Å²) in [6.07, 6.45) is 0. The van der Waals surface area contributed by atoms with E-state index in [1.807, 2.05) is 6.92 Å². The number of anilines is 1. The number of carbonyl (C=O) groups excluding carboxylic acids is 2. The third kappa shape index (κ3) is 6.45. The molecule has 0 bridgehead atoms. The molecule has 21 heavy (non-hydrogen) atoms. The van der Waals surface area contributed by atoms with Crippen LogP contribution in [0.4, 0.5) is 5.69 Å². The molecule has 0 aromatic heterocycles. The Labute approximate surface area is 141 Å². The Hall–Kier alpha value is -1.12. The van der Waals surface area contributed by atoms with Crippen LogP contribution < -0.4 is 5.06 Å². The van der Waals surface area contributed by atoms with Gasteiger partial charge in [-0.2, -0.15) is 0 Å². The van der Waals surface area contributed by atoms with Gasteiger partial charge in [-0.05, 0) is 43.4 Å². The number of benzene rings is 1. The Balaban J connectivity index is 2.77. The molecule has 8 heteroatoms. The first kappa shape index (κ1) is 17.9. The lowest BCUT2D eigenvalue weighted by atomic mass is 10.3. The number of nitrogens with zero attached hydrogens (tertiary/aromatic N) is 1. The van der Waals surface area contributed by atoms with Crippen LogP contribution >= 0.6 is 39.9 Å². The SMILES string of the molecule is CCOC(=S)SCC(=O)N(OC(C)=O)c1ccc(Br)cc1. The van der Waals surface area contributed by atoms with E-state index in [2.05, 4.69) is 15.9 Å². The largest absolute Gasteiger partial charge is 0.479 e. The first-order valence-corrected chi connectivity index (χ1v) is 8.19. The Kier molecular flexibility index (Phi) is 7.69. The summed E-state index contributed by atoms with van der Waals surface area (Å²) < 4.78 is 6.22. The Bertz CT molecular complexity index is 521. The van der Waals surface area contributed by atoms with Gasteiger partial charge in [-0.3, -0.25) is 4.79 Å². The van der Waals surface area contributed by atoms with Gasteiger partial charge in [-0.15, -0.1) is 5.06 Å². The van der Waals surface area contributed by atoms with Crippen LogP contribution in [0.15, 0.2) is 28.7 Å². The highest BCUT2D eigenvalue weighted by molar-refractivity contribution is 9.10. The van der Waals surface area contributed by atoms with Gasteiger partial charge in [-0.1, -0.05) is 27.7 Å². The molecule has 1 aromatic carbocycles. The van der Waals surface area contributed by atoms with Crippen LogP contribution in [0.2, 0.25) is 0 Å². The van der Waals surface area contributed by atoms with E-state index in [-0.39, 0.29) is 10.1 Å². The number of carbonyl (C=O) groups is 2. The molecule has 1 aromatic rings.